The van der Waals surface area contributed by atoms with E-state index in [0.717, 1.165) is 27.8 Å². The van der Waals surface area contributed by atoms with Crippen LogP contribution in [0.2, 0.25) is 0 Å². The van der Waals surface area contributed by atoms with Crippen molar-refractivity contribution in [2.45, 2.75) is 79.5 Å². The van der Waals surface area contributed by atoms with E-state index in [4.69, 9.17) is 9.47 Å². The van der Waals surface area contributed by atoms with Gasteiger partial charge in [0, 0.05) is 46.0 Å². The van der Waals surface area contributed by atoms with Gasteiger partial charge in [-0.3, -0.25) is 14.4 Å². The highest BCUT2D eigenvalue weighted by Crippen LogP contribution is 2.27. The fraction of sp³-hybridized carbons (Fsp3) is 0.340. The predicted octanol–water partition coefficient (Wildman–Crippen LogP) is 9.20. The van der Waals surface area contributed by atoms with Crippen molar-refractivity contribution in [2.24, 2.45) is 0 Å². The molecule has 0 fully saturated rings. The summed E-state index contributed by atoms with van der Waals surface area (Å²) in [7, 11) is 1.28. The van der Waals surface area contributed by atoms with Gasteiger partial charge in [0.15, 0.2) is 0 Å². The lowest BCUT2D eigenvalue weighted by atomic mass is 9.95. The van der Waals surface area contributed by atoms with Crippen LogP contribution < -0.4 is 21.3 Å². The molecule has 360 valence electrons. The fourth-order valence-electron chi connectivity index (χ4n) is 6.79. The van der Waals surface area contributed by atoms with E-state index in [9.17, 15) is 19.2 Å². The first-order valence-corrected chi connectivity index (χ1v) is 26.8. The SMILES string of the molecule is COC(=O)[C@](C)(CSCc1ccccc1)NC(=O)[C@@](C)(CSCc1ccccc1)NC(=O)[C@](C)(CSCc1ccccc1)NC(=O)[C@@](C)(CSCc1ccccc1)NC(=O)OCc1ccccc1. The van der Waals surface area contributed by atoms with Gasteiger partial charge >= 0.3 is 12.1 Å². The van der Waals surface area contributed by atoms with Crippen LogP contribution in [-0.4, -0.2) is 82.1 Å². The highest BCUT2D eigenvalue weighted by molar-refractivity contribution is 7.99. The third-order valence-electron chi connectivity index (χ3n) is 10.9. The van der Waals surface area contributed by atoms with Gasteiger partial charge in [-0.1, -0.05) is 152 Å². The van der Waals surface area contributed by atoms with Gasteiger partial charge < -0.3 is 30.7 Å². The second kappa shape index (κ2) is 26.4. The molecule has 11 nitrogen and oxygen atoms in total. The Hall–Kier alpha value is -5.35. The van der Waals surface area contributed by atoms with Crippen LogP contribution in [0.4, 0.5) is 4.79 Å². The molecule has 0 heterocycles. The number of esters is 1. The summed E-state index contributed by atoms with van der Waals surface area (Å²) in [5.41, 5.74) is -1.37. The van der Waals surface area contributed by atoms with Crippen LogP contribution in [0.5, 0.6) is 0 Å². The lowest BCUT2D eigenvalue weighted by Gasteiger charge is -2.39. The minimum absolute atomic E-state index is 0.0125. The zero-order valence-corrected chi connectivity index (χ0v) is 42.6. The summed E-state index contributed by atoms with van der Waals surface area (Å²) < 4.78 is 10.8. The molecule has 5 aromatic rings. The van der Waals surface area contributed by atoms with Crippen LogP contribution in [0.1, 0.15) is 55.5 Å². The number of carbonyl (C=O) groups is 5. The van der Waals surface area contributed by atoms with E-state index < -0.39 is 51.9 Å². The van der Waals surface area contributed by atoms with E-state index in [1.807, 2.05) is 152 Å². The Kier molecular flexibility index (Phi) is 20.8. The average Bonchev–Trinajstić information content (AvgIpc) is 3.34. The topological polar surface area (TPSA) is 152 Å². The molecular weight excluding hydrogens is 933 g/mol. The molecule has 0 aromatic heterocycles. The zero-order chi connectivity index (χ0) is 48.9. The molecular formula is C53H62N4O7S4. The van der Waals surface area contributed by atoms with Gasteiger partial charge in [-0.25, -0.2) is 9.59 Å². The molecule has 0 bridgehead atoms. The van der Waals surface area contributed by atoms with E-state index in [2.05, 4.69) is 21.3 Å². The Labute approximate surface area is 418 Å². The van der Waals surface area contributed by atoms with Crippen molar-refractivity contribution in [3.8, 4) is 0 Å². The molecule has 0 aliphatic heterocycles. The summed E-state index contributed by atoms with van der Waals surface area (Å²) in [5, 5.41) is 11.9. The van der Waals surface area contributed by atoms with Gasteiger partial charge in [0.05, 0.1) is 7.11 Å². The van der Waals surface area contributed by atoms with Gasteiger partial charge in [0.1, 0.15) is 28.8 Å². The molecule has 5 rings (SSSR count). The van der Waals surface area contributed by atoms with Crippen molar-refractivity contribution in [3.63, 3.8) is 0 Å². The maximum Gasteiger partial charge on any atom is 0.408 e. The summed E-state index contributed by atoms with van der Waals surface area (Å²) >= 11 is 5.81. The minimum atomic E-state index is -1.64. The molecule has 5 aromatic carbocycles. The Bertz CT molecular complexity index is 2370. The van der Waals surface area contributed by atoms with Gasteiger partial charge in [-0.05, 0) is 55.5 Å². The molecule has 4 amide bonds. The number of rotatable bonds is 26. The van der Waals surface area contributed by atoms with Crippen LogP contribution >= 0.6 is 47.0 Å². The molecule has 0 saturated carbocycles. The van der Waals surface area contributed by atoms with Crippen molar-refractivity contribution in [3.05, 3.63) is 179 Å². The molecule has 4 atom stereocenters. The molecule has 68 heavy (non-hydrogen) atoms. The first kappa shape index (κ1) is 53.6. The Morgan fingerprint density at radius 2 is 0.662 bits per heavy atom. The van der Waals surface area contributed by atoms with Crippen LogP contribution in [0.15, 0.2) is 152 Å². The third kappa shape index (κ3) is 16.7. The highest BCUT2D eigenvalue weighted by atomic mass is 32.2. The summed E-state index contributed by atoms with van der Waals surface area (Å²) in [6, 6.07) is 48.3. The van der Waals surface area contributed by atoms with Gasteiger partial charge in [0.25, 0.3) is 0 Å². The van der Waals surface area contributed by atoms with Crippen LogP contribution in [0.3, 0.4) is 0 Å². The highest BCUT2D eigenvalue weighted by Gasteiger charge is 2.48. The van der Waals surface area contributed by atoms with Gasteiger partial charge in [-0.15, -0.1) is 0 Å². The number of nitrogens with one attached hydrogen (secondary N) is 4. The van der Waals surface area contributed by atoms with Crippen molar-refractivity contribution in [1.29, 1.82) is 0 Å². The number of benzene rings is 5. The molecule has 15 heteroatoms. The number of hydrogen-bond donors (Lipinski definition) is 4. The van der Waals surface area contributed by atoms with Gasteiger partial charge in [0.2, 0.25) is 17.7 Å². The fourth-order valence-corrected chi connectivity index (χ4v) is 11.3. The summed E-state index contributed by atoms with van der Waals surface area (Å²) in [5.74, 6) is 0.239. The number of thioether (sulfide) groups is 4. The number of alkyl carbamates (subject to hydrolysis) is 1. The molecule has 0 radical (unpaired) electrons. The summed E-state index contributed by atoms with van der Waals surface area (Å²) in [4.78, 5) is 71.8. The maximum absolute atomic E-state index is 15.1. The van der Waals surface area contributed by atoms with E-state index in [0.29, 0.717) is 23.0 Å². The quantitative estimate of drug-likeness (QED) is 0.0393. The van der Waals surface area contributed by atoms with Crippen molar-refractivity contribution >= 4 is 76.8 Å². The summed E-state index contributed by atoms with van der Waals surface area (Å²) in [6.45, 7) is 6.47. The first-order chi connectivity index (χ1) is 32.7. The minimum Gasteiger partial charge on any atom is -0.467 e. The van der Waals surface area contributed by atoms with Crippen LogP contribution in [0, 0.1) is 0 Å². The number of ether oxygens (including phenoxy) is 2. The Morgan fingerprint density at radius 3 is 0.971 bits per heavy atom. The smallest absolute Gasteiger partial charge is 0.408 e. The van der Waals surface area contributed by atoms with E-state index >= 15 is 4.79 Å². The van der Waals surface area contributed by atoms with Crippen molar-refractivity contribution in [1.82, 2.24) is 21.3 Å². The number of methoxy groups -OCH3 is 1. The molecule has 0 spiro atoms. The lowest BCUT2D eigenvalue weighted by Crippen LogP contribution is -2.71. The Morgan fingerprint density at radius 1 is 0.397 bits per heavy atom. The third-order valence-corrected chi connectivity index (χ3v) is 16.2. The van der Waals surface area contributed by atoms with Crippen LogP contribution in [-0.2, 0) is 58.3 Å². The second-order valence-electron chi connectivity index (χ2n) is 17.3. The lowest BCUT2D eigenvalue weighted by molar-refractivity contribution is -0.150. The summed E-state index contributed by atoms with van der Waals surface area (Å²) in [6.07, 6.45) is -0.799. The molecule has 0 saturated heterocycles. The van der Waals surface area contributed by atoms with Crippen molar-refractivity contribution in [2.75, 3.05) is 30.1 Å². The normalized spacial score (nSPS) is 14.6. The molecule has 4 N–H and O–H groups in total. The standard InChI is InChI=1S/C53H62N4O7S4/c1-50(36-65-32-41-23-13-7-14-24-41,55-47(60)52(3,38-67-34-43-27-17-9-18-28-43)57-49(62)64-31-40-21-11-6-12-22-40)45(58)54-51(2,37-66-33-42-25-15-8-16-26-42)46(59)56-53(4,48(61)63-5)39-68-35-44-29-19-10-20-30-44/h6-30H,31-39H2,1-5H3,(H,54,58)(H,55,60)(H,56,59)(H,57,62)/t50-,51+,52+,53-/m0/s1. The zero-order valence-electron chi connectivity index (χ0n) is 39.3. The molecule has 0 unspecified atom stereocenters. The predicted molar refractivity (Wildman–Crippen MR) is 280 cm³/mol. The van der Waals surface area contributed by atoms with Crippen molar-refractivity contribution < 1.29 is 33.4 Å². The second-order valence-corrected chi connectivity index (χ2v) is 21.2. The Balaban J connectivity index is 1.43. The number of amides is 4. The number of carbonyl (C=O) groups excluding carboxylic acids is 5. The average molecular weight is 995 g/mol. The maximum atomic E-state index is 15.1. The monoisotopic (exact) mass is 994 g/mol. The van der Waals surface area contributed by atoms with E-state index in [1.165, 1.54) is 54.2 Å². The van der Waals surface area contributed by atoms with E-state index in [1.54, 1.807) is 27.7 Å². The first-order valence-electron chi connectivity index (χ1n) is 22.2. The van der Waals surface area contributed by atoms with E-state index in [-0.39, 0.29) is 29.6 Å². The molecule has 0 aliphatic rings. The largest absolute Gasteiger partial charge is 0.467 e. The van der Waals surface area contributed by atoms with Gasteiger partial charge in [-0.2, -0.15) is 47.0 Å². The number of hydrogen-bond acceptors (Lipinski definition) is 11. The van der Waals surface area contributed by atoms with Crippen LogP contribution in [0.25, 0.3) is 0 Å². The molecule has 0 aliphatic carbocycles.